The number of hydrogen-bond donors (Lipinski definition) is 2. The van der Waals surface area contributed by atoms with Crippen LogP contribution >= 0.6 is 24.0 Å². The Morgan fingerprint density at radius 2 is 1.96 bits per heavy atom. The number of nitrogens with one attached hydrogen (secondary N) is 2. The zero-order valence-corrected chi connectivity index (χ0v) is 18.7. The van der Waals surface area contributed by atoms with Crippen molar-refractivity contribution in [2.75, 3.05) is 58.4 Å². The molecule has 2 N–H and O–H groups in total. The predicted molar refractivity (Wildman–Crippen MR) is 115 cm³/mol. The van der Waals surface area contributed by atoms with E-state index < -0.39 is 9.84 Å². The number of piperidine rings is 1. The average Bonchev–Trinajstić information content (AvgIpc) is 2.49. The number of guanidine groups is 1. The molecule has 0 aromatic heterocycles. The van der Waals surface area contributed by atoms with Crippen molar-refractivity contribution in [2.45, 2.75) is 25.8 Å². The van der Waals surface area contributed by atoms with Crippen LogP contribution in [0.25, 0.3) is 0 Å². The minimum atomic E-state index is -2.95. The van der Waals surface area contributed by atoms with Gasteiger partial charge in [-0.2, -0.15) is 0 Å². The molecule has 0 aromatic rings. The smallest absolute Gasteiger partial charge is 0.191 e. The molecule has 1 rings (SSSR count). The molecule has 0 aliphatic carbocycles. The number of likely N-dealkylation sites (tertiary alicyclic amines) is 1. The van der Waals surface area contributed by atoms with Crippen molar-refractivity contribution < 1.29 is 13.2 Å². The summed E-state index contributed by atoms with van der Waals surface area (Å²) in [4.78, 5) is 6.64. The van der Waals surface area contributed by atoms with Gasteiger partial charge in [0.1, 0.15) is 9.84 Å². The van der Waals surface area contributed by atoms with Gasteiger partial charge in [0, 0.05) is 45.5 Å². The molecule has 0 amide bonds. The van der Waals surface area contributed by atoms with Gasteiger partial charge in [-0.3, -0.25) is 9.89 Å². The highest BCUT2D eigenvalue weighted by atomic mass is 127. The molecule has 0 radical (unpaired) electrons. The first-order chi connectivity index (χ1) is 11.3. The maximum absolute atomic E-state index is 11.0. The van der Waals surface area contributed by atoms with Gasteiger partial charge in [-0.15, -0.1) is 24.0 Å². The molecule has 0 bridgehead atoms. The summed E-state index contributed by atoms with van der Waals surface area (Å²) < 4.78 is 27.3. The fourth-order valence-electron chi connectivity index (χ4n) is 2.56. The lowest BCUT2D eigenvalue weighted by molar-refractivity contribution is 0.153. The largest absolute Gasteiger partial charge is 0.379 e. The zero-order valence-electron chi connectivity index (χ0n) is 15.6. The first-order valence-electron chi connectivity index (χ1n) is 8.39. The summed E-state index contributed by atoms with van der Waals surface area (Å²) in [6.07, 6.45) is 3.37. The maximum Gasteiger partial charge on any atom is 0.191 e. The van der Waals surface area contributed by atoms with Crippen LogP contribution in [0, 0.1) is 0 Å². The molecule has 0 saturated carbocycles. The van der Waals surface area contributed by atoms with Crippen LogP contribution in [-0.4, -0.2) is 83.8 Å². The SMILES string of the molecule is C=C(C)CN1CCC(NC(=NC)NCCOCCS(C)(=O)=O)CC1.I. The Morgan fingerprint density at radius 3 is 2.48 bits per heavy atom. The van der Waals surface area contributed by atoms with Crippen molar-refractivity contribution >= 4 is 39.8 Å². The molecule has 1 heterocycles. The maximum atomic E-state index is 11.0. The van der Waals surface area contributed by atoms with Gasteiger partial charge in [-0.05, 0) is 19.8 Å². The molecule has 1 aliphatic heterocycles. The Bertz CT molecular complexity index is 517. The highest BCUT2D eigenvalue weighted by Gasteiger charge is 2.19. The highest BCUT2D eigenvalue weighted by Crippen LogP contribution is 2.11. The summed E-state index contributed by atoms with van der Waals surface area (Å²) in [7, 11) is -1.21. The lowest BCUT2D eigenvalue weighted by Gasteiger charge is -2.33. The van der Waals surface area contributed by atoms with Crippen LogP contribution in [0.4, 0.5) is 0 Å². The standard InChI is InChI=1S/C16H32N4O3S.HI/c1-14(2)13-20-8-5-15(6-9-20)19-16(17-3)18-7-10-23-11-12-24(4,21)22;/h15H,1,5-13H2,2-4H3,(H2,17,18,19);1H. The molecule has 0 aromatic carbocycles. The molecule has 0 spiro atoms. The van der Waals surface area contributed by atoms with Gasteiger partial charge in [0.05, 0.1) is 19.0 Å². The van der Waals surface area contributed by atoms with Crippen molar-refractivity contribution in [1.82, 2.24) is 15.5 Å². The first kappa shape index (κ1) is 24.6. The Labute approximate surface area is 169 Å². The van der Waals surface area contributed by atoms with Gasteiger partial charge in [0.15, 0.2) is 5.96 Å². The van der Waals surface area contributed by atoms with E-state index in [9.17, 15) is 8.42 Å². The van der Waals surface area contributed by atoms with Crippen molar-refractivity contribution in [2.24, 2.45) is 4.99 Å². The average molecular weight is 488 g/mol. The summed E-state index contributed by atoms with van der Waals surface area (Å²) >= 11 is 0. The van der Waals surface area contributed by atoms with Gasteiger partial charge in [0.2, 0.25) is 0 Å². The Hall–Kier alpha value is -0.390. The fourth-order valence-corrected chi connectivity index (χ4v) is 2.98. The second kappa shape index (κ2) is 12.9. The minimum absolute atomic E-state index is 0. The van der Waals surface area contributed by atoms with E-state index in [1.54, 1.807) is 7.05 Å². The molecular weight excluding hydrogens is 455 g/mol. The van der Waals surface area contributed by atoms with Gasteiger partial charge in [-0.25, -0.2) is 8.42 Å². The van der Waals surface area contributed by atoms with E-state index in [0.29, 0.717) is 19.2 Å². The van der Waals surface area contributed by atoms with Gasteiger partial charge < -0.3 is 15.4 Å². The molecule has 0 atom stereocenters. The van der Waals surface area contributed by atoms with E-state index in [1.165, 1.54) is 11.8 Å². The quantitative estimate of drug-likeness (QED) is 0.165. The van der Waals surface area contributed by atoms with Gasteiger partial charge in [0.25, 0.3) is 0 Å². The number of sulfone groups is 1. The fraction of sp³-hybridized carbons (Fsp3) is 0.812. The van der Waals surface area contributed by atoms with Crippen LogP contribution in [0.3, 0.4) is 0 Å². The lowest BCUT2D eigenvalue weighted by atomic mass is 10.0. The summed E-state index contributed by atoms with van der Waals surface area (Å²) in [5.41, 5.74) is 1.20. The van der Waals surface area contributed by atoms with Gasteiger partial charge >= 0.3 is 0 Å². The summed E-state index contributed by atoms with van der Waals surface area (Å²) in [6.45, 7) is 10.4. The molecule has 9 heteroatoms. The van der Waals surface area contributed by atoms with E-state index in [4.69, 9.17) is 4.74 Å². The number of rotatable bonds is 9. The molecule has 7 nitrogen and oxygen atoms in total. The number of nitrogens with zero attached hydrogens (tertiary/aromatic N) is 2. The van der Waals surface area contributed by atoms with Crippen molar-refractivity contribution in [3.63, 3.8) is 0 Å². The minimum Gasteiger partial charge on any atom is -0.379 e. The number of hydrogen-bond acceptors (Lipinski definition) is 5. The van der Waals surface area contributed by atoms with E-state index in [2.05, 4.69) is 34.0 Å². The molecule has 1 saturated heterocycles. The van der Waals surface area contributed by atoms with E-state index in [1.807, 2.05) is 0 Å². The molecule has 148 valence electrons. The molecule has 25 heavy (non-hydrogen) atoms. The summed E-state index contributed by atoms with van der Waals surface area (Å²) in [6, 6.07) is 0.420. The first-order valence-corrected chi connectivity index (χ1v) is 10.5. The predicted octanol–water partition coefficient (Wildman–Crippen LogP) is 0.871. The van der Waals surface area contributed by atoms with Crippen LogP contribution in [0.15, 0.2) is 17.1 Å². The van der Waals surface area contributed by atoms with E-state index in [0.717, 1.165) is 38.4 Å². The molecule has 1 fully saturated rings. The monoisotopic (exact) mass is 488 g/mol. The summed E-state index contributed by atoms with van der Waals surface area (Å²) in [5, 5.41) is 6.63. The van der Waals surface area contributed by atoms with Crippen LogP contribution in [0.1, 0.15) is 19.8 Å². The molecular formula is C16H33IN4O3S. The second-order valence-electron chi connectivity index (χ2n) is 6.39. The normalized spacial score (nSPS) is 17.0. The lowest BCUT2D eigenvalue weighted by Crippen LogP contribution is -2.49. The van der Waals surface area contributed by atoms with Crippen molar-refractivity contribution in [3.05, 3.63) is 12.2 Å². The summed E-state index contributed by atoms with van der Waals surface area (Å²) in [5.74, 6) is 0.822. The van der Waals surface area contributed by atoms with Crippen LogP contribution in [-0.2, 0) is 14.6 Å². The third-order valence-electron chi connectivity index (χ3n) is 3.78. The number of ether oxygens (including phenoxy) is 1. The van der Waals surface area contributed by atoms with Gasteiger partial charge in [-0.1, -0.05) is 12.2 Å². The Balaban J connectivity index is 0.00000576. The van der Waals surface area contributed by atoms with Crippen LogP contribution in [0.5, 0.6) is 0 Å². The number of halogens is 1. The highest BCUT2D eigenvalue weighted by molar-refractivity contribution is 14.0. The molecule has 0 unspecified atom stereocenters. The Kier molecular flexibility index (Phi) is 12.7. The zero-order chi connectivity index (χ0) is 18.0. The Morgan fingerprint density at radius 1 is 1.32 bits per heavy atom. The van der Waals surface area contributed by atoms with Crippen LogP contribution < -0.4 is 10.6 Å². The van der Waals surface area contributed by atoms with Crippen molar-refractivity contribution in [3.8, 4) is 0 Å². The van der Waals surface area contributed by atoms with Crippen LogP contribution in [0.2, 0.25) is 0 Å². The number of aliphatic imine (C=N–C) groups is 1. The van der Waals surface area contributed by atoms with E-state index >= 15 is 0 Å². The van der Waals surface area contributed by atoms with Crippen molar-refractivity contribution in [1.29, 1.82) is 0 Å². The third-order valence-corrected chi connectivity index (χ3v) is 4.69. The second-order valence-corrected chi connectivity index (χ2v) is 8.65. The molecule has 1 aliphatic rings. The van der Waals surface area contributed by atoms with E-state index in [-0.39, 0.29) is 36.3 Å². The third kappa shape index (κ3) is 12.6. The topological polar surface area (TPSA) is 83.0 Å².